The highest BCUT2D eigenvalue weighted by atomic mass is 16.5. The number of likely N-dealkylation sites (tertiary alicyclic amines) is 1. The lowest BCUT2D eigenvalue weighted by Gasteiger charge is -2.37. The molecular formula is C17H24N2O2. The molecule has 2 fully saturated rings. The molecule has 2 saturated heterocycles. The van der Waals surface area contributed by atoms with Crippen LogP contribution in [0.5, 0.6) is 0 Å². The van der Waals surface area contributed by atoms with Gasteiger partial charge < -0.3 is 15.4 Å². The van der Waals surface area contributed by atoms with Crippen LogP contribution in [0.4, 0.5) is 0 Å². The van der Waals surface area contributed by atoms with Crippen LogP contribution in [0.2, 0.25) is 0 Å². The van der Waals surface area contributed by atoms with Gasteiger partial charge in [0.15, 0.2) is 0 Å². The van der Waals surface area contributed by atoms with Crippen molar-refractivity contribution < 1.29 is 9.53 Å². The van der Waals surface area contributed by atoms with Gasteiger partial charge in [-0.05, 0) is 31.2 Å². The van der Waals surface area contributed by atoms with Gasteiger partial charge >= 0.3 is 0 Å². The van der Waals surface area contributed by atoms with E-state index in [0.29, 0.717) is 6.54 Å². The van der Waals surface area contributed by atoms with Crippen molar-refractivity contribution in [2.24, 2.45) is 11.7 Å². The highest BCUT2D eigenvalue weighted by Crippen LogP contribution is 2.35. The number of rotatable bonds is 2. The van der Waals surface area contributed by atoms with Gasteiger partial charge in [-0.25, -0.2) is 0 Å². The zero-order chi connectivity index (χ0) is 14.7. The van der Waals surface area contributed by atoms with E-state index in [1.165, 1.54) is 0 Å². The topological polar surface area (TPSA) is 55.6 Å². The molecule has 1 aromatic carbocycles. The second kappa shape index (κ2) is 6.58. The normalized spacial score (nSPS) is 30.1. The third-order valence-corrected chi connectivity index (χ3v) is 4.54. The maximum Gasteiger partial charge on any atom is 0.228 e. The first kappa shape index (κ1) is 14.5. The van der Waals surface area contributed by atoms with Gasteiger partial charge in [0.05, 0.1) is 12.0 Å². The van der Waals surface area contributed by atoms with Crippen LogP contribution in [0.3, 0.4) is 0 Å². The predicted octanol–water partition coefficient (Wildman–Crippen LogP) is 2.10. The molecule has 2 heterocycles. The number of nitrogens with two attached hydrogens (primary N) is 1. The lowest BCUT2D eigenvalue weighted by molar-refractivity contribution is -0.146. The standard InChI is InChI=1S/C17H24N2O2/c18-14-8-4-10-19(12-14)17(20)15-9-5-11-21-16(15)13-6-2-1-3-7-13/h1-3,6-7,14-16H,4-5,8-12,18H2/t14-,15?,16?/m1/s1. The third-order valence-electron chi connectivity index (χ3n) is 4.54. The van der Waals surface area contributed by atoms with Crippen LogP contribution < -0.4 is 5.73 Å². The van der Waals surface area contributed by atoms with Crippen molar-refractivity contribution in [3.8, 4) is 0 Å². The smallest absolute Gasteiger partial charge is 0.228 e. The average molecular weight is 288 g/mol. The minimum atomic E-state index is -0.106. The predicted molar refractivity (Wildman–Crippen MR) is 81.6 cm³/mol. The van der Waals surface area contributed by atoms with E-state index in [0.717, 1.165) is 44.4 Å². The average Bonchev–Trinajstić information content (AvgIpc) is 2.55. The number of hydrogen-bond acceptors (Lipinski definition) is 3. The summed E-state index contributed by atoms with van der Waals surface area (Å²) in [6.07, 6.45) is 3.79. The lowest BCUT2D eigenvalue weighted by atomic mass is 9.87. The number of piperidine rings is 1. The van der Waals surface area contributed by atoms with Crippen LogP contribution in [0.1, 0.15) is 37.4 Å². The van der Waals surface area contributed by atoms with E-state index < -0.39 is 0 Å². The van der Waals surface area contributed by atoms with E-state index >= 15 is 0 Å². The molecule has 1 amide bonds. The molecule has 2 aliphatic rings. The second-order valence-electron chi connectivity index (χ2n) is 6.14. The largest absolute Gasteiger partial charge is 0.373 e. The summed E-state index contributed by atoms with van der Waals surface area (Å²) in [5, 5.41) is 0. The van der Waals surface area contributed by atoms with E-state index in [2.05, 4.69) is 12.1 Å². The summed E-state index contributed by atoms with van der Waals surface area (Å²) >= 11 is 0. The molecule has 0 bridgehead atoms. The fraction of sp³-hybridized carbons (Fsp3) is 0.588. The second-order valence-corrected chi connectivity index (χ2v) is 6.14. The summed E-state index contributed by atoms with van der Waals surface area (Å²) in [5.41, 5.74) is 7.12. The first-order valence-electron chi connectivity index (χ1n) is 7.96. The summed E-state index contributed by atoms with van der Waals surface area (Å²) in [4.78, 5) is 14.8. The van der Waals surface area contributed by atoms with Crippen molar-refractivity contribution in [2.75, 3.05) is 19.7 Å². The summed E-state index contributed by atoms with van der Waals surface area (Å²) in [6, 6.07) is 10.2. The fourth-order valence-corrected chi connectivity index (χ4v) is 3.45. The van der Waals surface area contributed by atoms with Gasteiger partial charge in [-0.15, -0.1) is 0 Å². The molecule has 4 heteroatoms. The molecule has 2 unspecified atom stereocenters. The molecule has 0 aromatic heterocycles. The SMILES string of the molecule is N[C@@H]1CCCN(C(=O)C2CCCOC2c2ccccc2)C1. The van der Waals surface area contributed by atoms with E-state index in [4.69, 9.17) is 10.5 Å². The number of hydrogen-bond donors (Lipinski definition) is 1. The summed E-state index contributed by atoms with van der Waals surface area (Å²) in [6.45, 7) is 2.27. The Morgan fingerprint density at radius 1 is 1.19 bits per heavy atom. The van der Waals surface area contributed by atoms with Crippen molar-refractivity contribution in [3.63, 3.8) is 0 Å². The van der Waals surface area contributed by atoms with Gasteiger partial charge in [0.1, 0.15) is 0 Å². The maximum atomic E-state index is 12.9. The Labute approximate surface area is 126 Å². The molecule has 2 N–H and O–H groups in total. The molecule has 0 radical (unpaired) electrons. The van der Waals surface area contributed by atoms with Gasteiger partial charge in [0.2, 0.25) is 5.91 Å². The van der Waals surface area contributed by atoms with Crippen LogP contribution in [-0.2, 0) is 9.53 Å². The van der Waals surface area contributed by atoms with Gasteiger partial charge in [-0.1, -0.05) is 30.3 Å². The molecule has 0 aliphatic carbocycles. The minimum absolute atomic E-state index is 0.0635. The van der Waals surface area contributed by atoms with Gasteiger partial charge in [0, 0.05) is 25.7 Å². The molecule has 21 heavy (non-hydrogen) atoms. The van der Waals surface area contributed by atoms with Gasteiger partial charge in [0.25, 0.3) is 0 Å². The molecule has 0 spiro atoms. The fourth-order valence-electron chi connectivity index (χ4n) is 3.45. The van der Waals surface area contributed by atoms with E-state index in [9.17, 15) is 4.79 Å². The molecule has 3 atom stereocenters. The van der Waals surface area contributed by atoms with Gasteiger partial charge in [-0.3, -0.25) is 4.79 Å². The van der Waals surface area contributed by atoms with Crippen molar-refractivity contribution >= 4 is 5.91 Å². The van der Waals surface area contributed by atoms with Crippen LogP contribution >= 0.6 is 0 Å². The zero-order valence-electron chi connectivity index (χ0n) is 12.4. The van der Waals surface area contributed by atoms with Crippen LogP contribution in [-0.4, -0.2) is 36.5 Å². The van der Waals surface area contributed by atoms with Crippen LogP contribution in [0.25, 0.3) is 0 Å². The molecule has 0 saturated carbocycles. The number of benzene rings is 1. The van der Waals surface area contributed by atoms with Crippen molar-refractivity contribution in [2.45, 2.75) is 37.8 Å². The van der Waals surface area contributed by atoms with Crippen molar-refractivity contribution in [1.29, 1.82) is 0 Å². The molecule has 4 nitrogen and oxygen atoms in total. The number of carbonyl (C=O) groups excluding carboxylic acids is 1. The highest BCUT2D eigenvalue weighted by molar-refractivity contribution is 5.80. The quantitative estimate of drug-likeness (QED) is 0.906. The summed E-state index contributed by atoms with van der Waals surface area (Å²) < 4.78 is 5.94. The van der Waals surface area contributed by atoms with E-state index in [1.54, 1.807) is 0 Å². The van der Waals surface area contributed by atoms with Crippen LogP contribution in [0.15, 0.2) is 30.3 Å². The number of carbonyl (C=O) groups is 1. The first-order valence-corrected chi connectivity index (χ1v) is 7.96. The monoisotopic (exact) mass is 288 g/mol. The van der Waals surface area contributed by atoms with Gasteiger partial charge in [-0.2, -0.15) is 0 Å². The Bertz CT molecular complexity index is 477. The Kier molecular flexibility index (Phi) is 4.56. The summed E-state index contributed by atoms with van der Waals surface area (Å²) in [5.74, 6) is 0.158. The third kappa shape index (κ3) is 3.27. The van der Waals surface area contributed by atoms with E-state index in [-0.39, 0.29) is 24.0 Å². The zero-order valence-corrected chi connectivity index (χ0v) is 12.4. The minimum Gasteiger partial charge on any atom is -0.373 e. The molecular weight excluding hydrogens is 264 g/mol. The number of amides is 1. The first-order chi connectivity index (χ1) is 10.3. The Morgan fingerprint density at radius 3 is 2.76 bits per heavy atom. The Hall–Kier alpha value is -1.39. The number of nitrogens with zero attached hydrogens (tertiary/aromatic N) is 1. The Morgan fingerprint density at radius 2 is 2.00 bits per heavy atom. The lowest BCUT2D eigenvalue weighted by Crippen LogP contribution is -2.49. The Balaban J connectivity index is 1.76. The summed E-state index contributed by atoms with van der Waals surface area (Å²) in [7, 11) is 0. The number of ether oxygens (including phenoxy) is 1. The molecule has 3 rings (SSSR count). The van der Waals surface area contributed by atoms with E-state index in [1.807, 2.05) is 23.1 Å². The maximum absolute atomic E-state index is 12.9. The molecule has 1 aromatic rings. The molecule has 2 aliphatic heterocycles. The van der Waals surface area contributed by atoms with Crippen molar-refractivity contribution in [1.82, 2.24) is 4.90 Å². The van der Waals surface area contributed by atoms with Crippen molar-refractivity contribution in [3.05, 3.63) is 35.9 Å². The molecule has 114 valence electrons. The van der Waals surface area contributed by atoms with Crippen LogP contribution in [0, 0.1) is 5.92 Å². The highest BCUT2D eigenvalue weighted by Gasteiger charge is 2.36.